The van der Waals surface area contributed by atoms with Crippen LogP contribution in [0.25, 0.3) is 0 Å². The molecule has 6 nitrogen and oxygen atoms in total. The topological polar surface area (TPSA) is 80.9 Å². The SMILES string of the molecule is CC.CN=C(Nc1oc(=O)cc(C)c1C=O)SOC. The lowest BCUT2D eigenvalue weighted by molar-refractivity contribution is 0.112. The molecule has 19 heavy (non-hydrogen) atoms. The van der Waals surface area contributed by atoms with Gasteiger partial charge in [0.05, 0.1) is 24.7 Å². The van der Waals surface area contributed by atoms with Crippen LogP contribution >= 0.6 is 12.0 Å². The van der Waals surface area contributed by atoms with Gasteiger partial charge in [0.1, 0.15) is 0 Å². The quantitative estimate of drug-likeness (QED) is 0.398. The highest BCUT2D eigenvalue weighted by atomic mass is 32.2. The fourth-order valence-corrected chi connectivity index (χ4v) is 1.51. The van der Waals surface area contributed by atoms with Crippen molar-refractivity contribution in [1.29, 1.82) is 0 Å². The molecule has 0 unspecified atom stereocenters. The number of amidine groups is 1. The third-order valence-corrected chi connectivity index (χ3v) is 2.52. The van der Waals surface area contributed by atoms with Gasteiger partial charge in [-0.25, -0.2) is 4.79 Å². The number of carbonyl (C=O) groups excluding carboxylic acids is 1. The Morgan fingerprint density at radius 3 is 2.63 bits per heavy atom. The molecule has 0 aliphatic rings. The number of aryl methyl sites for hydroxylation is 1. The van der Waals surface area contributed by atoms with Gasteiger partial charge >= 0.3 is 5.63 Å². The van der Waals surface area contributed by atoms with Crippen LogP contribution in [0.15, 0.2) is 20.3 Å². The molecule has 0 amide bonds. The Hall–Kier alpha value is -1.60. The summed E-state index contributed by atoms with van der Waals surface area (Å²) in [5, 5.41) is 3.10. The molecule has 1 aromatic rings. The van der Waals surface area contributed by atoms with E-state index < -0.39 is 5.63 Å². The first-order valence-electron chi connectivity index (χ1n) is 5.66. The summed E-state index contributed by atoms with van der Waals surface area (Å²) in [4.78, 5) is 26.0. The van der Waals surface area contributed by atoms with Crippen LogP contribution < -0.4 is 10.9 Å². The molecular formula is C12H18N2O4S. The van der Waals surface area contributed by atoms with E-state index in [2.05, 4.69) is 10.3 Å². The van der Waals surface area contributed by atoms with Gasteiger partial charge in [-0.3, -0.25) is 9.79 Å². The normalized spacial score (nSPS) is 10.5. The Morgan fingerprint density at radius 2 is 2.16 bits per heavy atom. The molecule has 7 heteroatoms. The van der Waals surface area contributed by atoms with Gasteiger partial charge in [-0.2, -0.15) is 0 Å². The zero-order valence-electron chi connectivity index (χ0n) is 11.6. The van der Waals surface area contributed by atoms with Gasteiger partial charge in [0, 0.05) is 13.1 Å². The molecule has 1 heterocycles. The van der Waals surface area contributed by atoms with Gasteiger partial charge in [-0.15, -0.1) is 0 Å². The molecule has 0 saturated carbocycles. The van der Waals surface area contributed by atoms with Crippen LogP contribution in [0.4, 0.5) is 5.88 Å². The molecule has 0 atom stereocenters. The molecule has 106 valence electrons. The van der Waals surface area contributed by atoms with E-state index in [1.165, 1.54) is 13.2 Å². The van der Waals surface area contributed by atoms with Crippen LogP contribution in [0, 0.1) is 6.92 Å². The van der Waals surface area contributed by atoms with Gasteiger partial charge in [0.15, 0.2) is 11.5 Å². The Kier molecular flexibility index (Phi) is 8.56. The highest BCUT2D eigenvalue weighted by Gasteiger charge is 2.12. The van der Waals surface area contributed by atoms with Crippen molar-refractivity contribution < 1.29 is 13.4 Å². The maximum absolute atomic E-state index is 11.2. The van der Waals surface area contributed by atoms with Crippen molar-refractivity contribution in [3.63, 3.8) is 0 Å². The lowest BCUT2D eigenvalue weighted by Crippen LogP contribution is -2.13. The summed E-state index contributed by atoms with van der Waals surface area (Å²) in [5.41, 5.74) is 0.285. The fraction of sp³-hybridized carbons (Fsp3) is 0.417. The third-order valence-electron chi connectivity index (χ3n) is 1.91. The summed E-state index contributed by atoms with van der Waals surface area (Å²) in [7, 11) is 3.02. The van der Waals surface area contributed by atoms with E-state index in [4.69, 9.17) is 8.60 Å². The van der Waals surface area contributed by atoms with E-state index in [0.29, 0.717) is 17.0 Å². The first-order chi connectivity index (χ1) is 9.12. The van der Waals surface area contributed by atoms with Crippen LogP contribution in [-0.4, -0.2) is 25.6 Å². The molecule has 1 rings (SSSR count). The third kappa shape index (κ3) is 5.27. The smallest absolute Gasteiger partial charge is 0.337 e. The lowest BCUT2D eigenvalue weighted by Gasteiger charge is -2.08. The number of hydrogen-bond acceptors (Lipinski definition) is 6. The Labute approximate surface area is 116 Å². The molecule has 0 aliphatic heterocycles. The zero-order chi connectivity index (χ0) is 14.8. The van der Waals surface area contributed by atoms with Crippen molar-refractivity contribution in [3.05, 3.63) is 27.6 Å². The number of carbonyl (C=O) groups is 1. The molecule has 0 aliphatic carbocycles. The van der Waals surface area contributed by atoms with Crippen molar-refractivity contribution in [1.82, 2.24) is 0 Å². The van der Waals surface area contributed by atoms with E-state index >= 15 is 0 Å². The second-order valence-electron chi connectivity index (χ2n) is 3.01. The second kappa shape index (κ2) is 9.35. The molecule has 0 saturated heterocycles. The number of aliphatic imine (C=N–C) groups is 1. The Bertz CT molecular complexity index is 497. The van der Waals surface area contributed by atoms with Crippen molar-refractivity contribution >= 4 is 29.4 Å². The molecule has 0 bridgehead atoms. The molecule has 1 N–H and O–H groups in total. The predicted octanol–water partition coefficient (Wildman–Crippen LogP) is 2.48. The van der Waals surface area contributed by atoms with E-state index in [9.17, 15) is 9.59 Å². The van der Waals surface area contributed by atoms with Gasteiger partial charge in [-0.05, 0) is 12.5 Å². The number of nitrogens with zero attached hydrogens (tertiary/aromatic N) is 1. The number of anilines is 1. The predicted molar refractivity (Wildman–Crippen MR) is 78.0 cm³/mol. The van der Waals surface area contributed by atoms with Crippen LogP contribution in [0.5, 0.6) is 0 Å². The average molecular weight is 286 g/mol. The molecule has 0 fully saturated rings. The summed E-state index contributed by atoms with van der Waals surface area (Å²) >= 11 is 0.963. The van der Waals surface area contributed by atoms with Crippen LogP contribution in [-0.2, 0) is 4.18 Å². The zero-order valence-corrected chi connectivity index (χ0v) is 12.5. The molecule has 0 spiro atoms. The van der Waals surface area contributed by atoms with Gasteiger partial charge in [0.2, 0.25) is 5.88 Å². The van der Waals surface area contributed by atoms with Gasteiger partial charge < -0.3 is 13.9 Å². The van der Waals surface area contributed by atoms with Crippen LogP contribution in [0.2, 0.25) is 0 Å². The summed E-state index contributed by atoms with van der Waals surface area (Å²) in [6.45, 7) is 5.65. The average Bonchev–Trinajstić information content (AvgIpc) is 2.40. The monoisotopic (exact) mass is 286 g/mol. The van der Waals surface area contributed by atoms with Crippen LogP contribution in [0.1, 0.15) is 29.8 Å². The highest BCUT2D eigenvalue weighted by Crippen LogP contribution is 2.17. The van der Waals surface area contributed by atoms with Crippen molar-refractivity contribution in [2.24, 2.45) is 4.99 Å². The van der Waals surface area contributed by atoms with E-state index in [0.717, 1.165) is 12.0 Å². The van der Waals surface area contributed by atoms with Crippen LogP contribution in [0.3, 0.4) is 0 Å². The summed E-state index contributed by atoms with van der Waals surface area (Å²) in [6.07, 6.45) is 0.616. The number of rotatable bonds is 3. The van der Waals surface area contributed by atoms with E-state index in [-0.39, 0.29) is 11.4 Å². The summed E-state index contributed by atoms with van der Waals surface area (Å²) < 4.78 is 9.73. The molecule has 0 aromatic carbocycles. The highest BCUT2D eigenvalue weighted by molar-refractivity contribution is 8.10. The van der Waals surface area contributed by atoms with E-state index in [1.54, 1.807) is 14.0 Å². The lowest BCUT2D eigenvalue weighted by atomic mass is 10.2. The van der Waals surface area contributed by atoms with Crippen molar-refractivity contribution in [2.75, 3.05) is 19.5 Å². The maximum Gasteiger partial charge on any atom is 0.337 e. The van der Waals surface area contributed by atoms with Crippen molar-refractivity contribution in [2.45, 2.75) is 20.8 Å². The summed E-state index contributed by atoms with van der Waals surface area (Å²) in [5.74, 6) is 0.0650. The largest absolute Gasteiger partial charge is 0.405 e. The number of aldehydes is 1. The van der Waals surface area contributed by atoms with Gasteiger partial charge in [-0.1, -0.05) is 13.8 Å². The second-order valence-corrected chi connectivity index (χ2v) is 3.90. The molecule has 0 radical (unpaired) electrons. The number of nitrogens with one attached hydrogen (secondary N) is 1. The minimum Gasteiger partial charge on any atom is -0.405 e. The Morgan fingerprint density at radius 1 is 1.53 bits per heavy atom. The minimum atomic E-state index is -0.534. The van der Waals surface area contributed by atoms with Gasteiger partial charge in [0.25, 0.3) is 0 Å². The molecule has 1 aromatic heterocycles. The first kappa shape index (κ1) is 17.4. The Balaban J connectivity index is 0.00000154. The fourth-order valence-electron chi connectivity index (χ4n) is 1.15. The summed E-state index contributed by atoms with van der Waals surface area (Å²) in [6, 6.07) is 1.25. The van der Waals surface area contributed by atoms with Crippen molar-refractivity contribution in [3.8, 4) is 0 Å². The number of hydrogen-bond donors (Lipinski definition) is 1. The van der Waals surface area contributed by atoms with E-state index in [1.807, 2.05) is 13.8 Å². The minimum absolute atomic E-state index is 0.0650. The standard InChI is InChI=1S/C10H12N2O4S.C2H6/c1-6-4-8(14)16-9(7(6)5-13)12-10(11-2)17-15-3;1-2/h4-5H,1-3H3,(H,11,12);1-2H3. The first-order valence-corrected chi connectivity index (χ1v) is 6.41. The molecular weight excluding hydrogens is 268 g/mol. The maximum atomic E-state index is 11.2.